The molecule has 1 amide bonds. The summed E-state index contributed by atoms with van der Waals surface area (Å²) in [4.78, 5) is 18.4. The van der Waals surface area contributed by atoms with E-state index >= 15 is 0 Å². The number of amides is 1. The molecule has 0 saturated carbocycles. The van der Waals surface area contributed by atoms with E-state index in [-0.39, 0.29) is 35.9 Å². The molecule has 0 radical (unpaired) electrons. The summed E-state index contributed by atoms with van der Waals surface area (Å²) in [5, 5.41) is 6.23. The third-order valence-electron chi connectivity index (χ3n) is 3.58. The second-order valence-corrected chi connectivity index (χ2v) is 5.70. The molecule has 0 aliphatic rings. The molecule has 0 heterocycles. The molecule has 5 nitrogen and oxygen atoms in total. The number of carbonyl (C=O) groups excluding carboxylic acids is 1. The lowest BCUT2D eigenvalue weighted by Gasteiger charge is -2.22. The molecule has 0 fully saturated rings. The van der Waals surface area contributed by atoms with Crippen LogP contribution in [0.25, 0.3) is 0 Å². The van der Waals surface area contributed by atoms with Crippen LogP contribution in [0.15, 0.2) is 35.3 Å². The Balaban J connectivity index is 0.00000529. The summed E-state index contributed by atoms with van der Waals surface area (Å²) in [5.74, 6) is 0.886. The molecule has 24 heavy (non-hydrogen) atoms. The van der Waals surface area contributed by atoms with Crippen LogP contribution in [0.3, 0.4) is 0 Å². The molecule has 0 spiro atoms. The maximum absolute atomic E-state index is 11.8. The average Bonchev–Trinajstić information content (AvgIpc) is 2.54. The molecule has 0 bridgehead atoms. The molecule has 1 aromatic carbocycles. The molecular weight excluding hydrogens is 415 g/mol. The number of halogens is 1. The van der Waals surface area contributed by atoms with E-state index in [1.807, 2.05) is 39.1 Å². The quantitative estimate of drug-likeness (QED) is 0.367. The fourth-order valence-corrected chi connectivity index (χ4v) is 2.11. The van der Waals surface area contributed by atoms with Crippen LogP contribution in [0.4, 0.5) is 0 Å². The first kappa shape index (κ1) is 22.7. The Morgan fingerprint density at radius 1 is 1.25 bits per heavy atom. The second kappa shape index (κ2) is 13.0. The van der Waals surface area contributed by atoms with Crippen LogP contribution in [-0.4, -0.2) is 42.9 Å². The van der Waals surface area contributed by atoms with E-state index < -0.39 is 0 Å². The summed E-state index contributed by atoms with van der Waals surface area (Å²) in [6.07, 6.45) is 1.36. The van der Waals surface area contributed by atoms with Gasteiger partial charge in [-0.15, -0.1) is 24.0 Å². The zero-order valence-corrected chi connectivity index (χ0v) is 17.5. The van der Waals surface area contributed by atoms with Gasteiger partial charge in [0, 0.05) is 32.6 Å². The molecule has 1 rings (SSSR count). The number of hydrogen-bond acceptors (Lipinski definition) is 2. The van der Waals surface area contributed by atoms with Gasteiger partial charge >= 0.3 is 0 Å². The van der Waals surface area contributed by atoms with E-state index in [1.54, 1.807) is 0 Å². The van der Waals surface area contributed by atoms with Gasteiger partial charge in [-0.05, 0) is 25.8 Å². The number of guanidine groups is 1. The normalized spacial score (nSPS) is 12.1. The lowest BCUT2D eigenvalue weighted by molar-refractivity contribution is -0.121. The fraction of sp³-hybridized carbons (Fsp3) is 0.556. The van der Waals surface area contributed by atoms with Gasteiger partial charge in [0.05, 0.1) is 6.54 Å². The molecule has 136 valence electrons. The first-order valence-electron chi connectivity index (χ1n) is 8.39. The van der Waals surface area contributed by atoms with Crippen molar-refractivity contribution in [2.45, 2.75) is 46.2 Å². The molecule has 1 atom stereocenters. The van der Waals surface area contributed by atoms with E-state index in [1.165, 1.54) is 5.56 Å². The minimum Gasteiger partial charge on any atom is -0.357 e. The number of hydrogen-bond donors (Lipinski definition) is 2. The van der Waals surface area contributed by atoms with Crippen molar-refractivity contribution in [2.75, 3.05) is 20.1 Å². The van der Waals surface area contributed by atoms with Crippen molar-refractivity contribution >= 4 is 35.8 Å². The number of rotatable bonds is 8. The summed E-state index contributed by atoms with van der Waals surface area (Å²) in [5.41, 5.74) is 1.23. The zero-order chi connectivity index (χ0) is 17.1. The number of benzene rings is 1. The van der Waals surface area contributed by atoms with Crippen molar-refractivity contribution in [1.29, 1.82) is 0 Å². The summed E-state index contributed by atoms with van der Waals surface area (Å²) in [7, 11) is 2.01. The van der Waals surface area contributed by atoms with Gasteiger partial charge in [-0.25, -0.2) is 0 Å². The average molecular weight is 446 g/mol. The first-order chi connectivity index (χ1) is 11.1. The van der Waals surface area contributed by atoms with E-state index in [0.29, 0.717) is 13.0 Å². The van der Waals surface area contributed by atoms with E-state index in [0.717, 1.165) is 25.5 Å². The topological polar surface area (TPSA) is 56.7 Å². The summed E-state index contributed by atoms with van der Waals surface area (Å²) < 4.78 is 0. The Hall–Kier alpha value is -1.31. The van der Waals surface area contributed by atoms with Crippen LogP contribution in [0.5, 0.6) is 0 Å². The van der Waals surface area contributed by atoms with Gasteiger partial charge < -0.3 is 15.5 Å². The minimum absolute atomic E-state index is 0. The highest BCUT2D eigenvalue weighted by Gasteiger charge is 2.08. The van der Waals surface area contributed by atoms with Crippen molar-refractivity contribution in [1.82, 2.24) is 15.5 Å². The molecule has 0 aromatic heterocycles. The lowest BCUT2D eigenvalue weighted by atomic mass is 10.2. The standard InChI is InChI=1S/C18H30N4O.HI/c1-5-15(3)21-17(23)12-13-20-18(19-6-2)22(4)14-16-10-8-7-9-11-16;/h7-11,15H,5-6,12-14H2,1-4H3,(H,19,20)(H,21,23);1H. The molecular formula is C18H31IN4O. The van der Waals surface area contributed by atoms with E-state index in [4.69, 9.17) is 0 Å². The Kier molecular flexibility index (Phi) is 12.3. The Bertz CT molecular complexity index is 493. The monoisotopic (exact) mass is 446 g/mol. The second-order valence-electron chi connectivity index (χ2n) is 5.70. The fourth-order valence-electron chi connectivity index (χ4n) is 2.11. The van der Waals surface area contributed by atoms with E-state index in [9.17, 15) is 4.79 Å². The Morgan fingerprint density at radius 2 is 1.92 bits per heavy atom. The van der Waals surface area contributed by atoms with Gasteiger partial charge in [0.2, 0.25) is 5.91 Å². The molecule has 6 heteroatoms. The van der Waals surface area contributed by atoms with Crippen LogP contribution < -0.4 is 10.6 Å². The third-order valence-corrected chi connectivity index (χ3v) is 3.58. The maximum atomic E-state index is 11.8. The predicted molar refractivity (Wildman–Crippen MR) is 112 cm³/mol. The molecule has 1 unspecified atom stereocenters. The molecule has 0 saturated heterocycles. The van der Waals surface area contributed by atoms with E-state index in [2.05, 4.69) is 39.6 Å². The highest BCUT2D eigenvalue weighted by molar-refractivity contribution is 14.0. The van der Waals surface area contributed by atoms with Crippen LogP contribution >= 0.6 is 24.0 Å². The Labute approximate surface area is 163 Å². The molecule has 2 N–H and O–H groups in total. The van der Waals surface area contributed by atoms with Gasteiger partial charge in [0.1, 0.15) is 0 Å². The zero-order valence-electron chi connectivity index (χ0n) is 15.2. The van der Waals surface area contributed by atoms with Crippen molar-refractivity contribution in [3.63, 3.8) is 0 Å². The summed E-state index contributed by atoms with van der Waals surface area (Å²) >= 11 is 0. The predicted octanol–water partition coefficient (Wildman–Crippen LogP) is 3.01. The van der Waals surface area contributed by atoms with Gasteiger partial charge in [-0.3, -0.25) is 9.79 Å². The summed E-state index contributed by atoms with van der Waals surface area (Å²) in [6, 6.07) is 10.5. The molecule has 1 aromatic rings. The number of nitrogens with zero attached hydrogens (tertiary/aromatic N) is 2. The van der Waals surface area contributed by atoms with Crippen molar-refractivity contribution in [3.8, 4) is 0 Å². The number of aliphatic imine (C=N–C) groups is 1. The van der Waals surface area contributed by atoms with Gasteiger partial charge in [-0.1, -0.05) is 37.3 Å². The number of carbonyl (C=O) groups is 1. The van der Waals surface area contributed by atoms with Crippen molar-refractivity contribution in [2.24, 2.45) is 4.99 Å². The van der Waals surface area contributed by atoms with Crippen LogP contribution in [0.2, 0.25) is 0 Å². The van der Waals surface area contributed by atoms with Crippen LogP contribution in [0, 0.1) is 0 Å². The smallest absolute Gasteiger partial charge is 0.222 e. The lowest BCUT2D eigenvalue weighted by Crippen LogP contribution is -2.39. The van der Waals surface area contributed by atoms with Gasteiger partial charge in [0.25, 0.3) is 0 Å². The third kappa shape index (κ3) is 9.10. The summed E-state index contributed by atoms with van der Waals surface area (Å²) in [6.45, 7) is 8.19. The van der Waals surface area contributed by atoms with Crippen LogP contribution in [0.1, 0.15) is 39.2 Å². The van der Waals surface area contributed by atoms with Crippen molar-refractivity contribution in [3.05, 3.63) is 35.9 Å². The highest BCUT2D eigenvalue weighted by atomic mass is 127. The van der Waals surface area contributed by atoms with Gasteiger partial charge in [-0.2, -0.15) is 0 Å². The minimum atomic E-state index is 0. The largest absolute Gasteiger partial charge is 0.357 e. The maximum Gasteiger partial charge on any atom is 0.222 e. The number of nitrogens with one attached hydrogen (secondary N) is 2. The Morgan fingerprint density at radius 3 is 2.50 bits per heavy atom. The SMILES string of the molecule is CCNC(=NCCC(=O)NC(C)CC)N(C)Cc1ccccc1.I. The van der Waals surface area contributed by atoms with Crippen molar-refractivity contribution < 1.29 is 4.79 Å². The van der Waals surface area contributed by atoms with Gasteiger partial charge in [0.15, 0.2) is 5.96 Å². The first-order valence-corrected chi connectivity index (χ1v) is 8.39. The molecule has 0 aliphatic heterocycles. The van der Waals surface area contributed by atoms with Crippen LogP contribution in [-0.2, 0) is 11.3 Å². The highest BCUT2D eigenvalue weighted by Crippen LogP contribution is 2.03. The molecule has 0 aliphatic carbocycles.